The van der Waals surface area contributed by atoms with Crippen LogP contribution in [0.15, 0.2) is 18.2 Å². The second kappa shape index (κ2) is 5.33. The van der Waals surface area contributed by atoms with Crippen LogP contribution in [0, 0.1) is 16.7 Å². The van der Waals surface area contributed by atoms with E-state index in [4.69, 9.17) is 5.26 Å². The zero-order chi connectivity index (χ0) is 14.8. The molecule has 2 amide bonds. The molecule has 0 bridgehead atoms. The first-order valence-corrected chi connectivity index (χ1v) is 6.53. The maximum absolute atomic E-state index is 12.0. The second-order valence-corrected chi connectivity index (χ2v) is 5.60. The molecule has 0 radical (unpaired) electrons. The maximum Gasteiger partial charge on any atom is 0.251 e. The van der Waals surface area contributed by atoms with E-state index in [0.29, 0.717) is 24.9 Å². The van der Waals surface area contributed by atoms with Crippen LogP contribution < -0.4 is 10.6 Å². The Bertz CT molecular complexity index is 600. The molecule has 1 aliphatic heterocycles. The number of aryl methyl sites for hydroxylation is 1. The Morgan fingerprint density at radius 2 is 2.20 bits per heavy atom. The molecule has 0 atom stereocenters. The van der Waals surface area contributed by atoms with Gasteiger partial charge in [0.1, 0.15) is 0 Å². The normalized spacial score (nSPS) is 13.9. The first-order valence-electron chi connectivity index (χ1n) is 6.53. The number of rotatable bonds is 3. The molecular formula is C15H17N3O2. The molecule has 0 unspecified atom stereocenters. The summed E-state index contributed by atoms with van der Waals surface area (Å²) in [7, 11) is 0. The van der Waals surface area contributed by atoms with Crippen LogP contribution in [0.4, 0.5) is 5.69 Å². The lowest BCUT2D eigenvalue weighted by Crippen LogP contribution is -2.33. The van der Waals surface area contributed by atoms with Gasteiger partial charge in [0.25, 0.3) is 5.91 Å². The Kier molecular flexibility index (Phi) is 3.75. The van der Waals surface area contributed by atoms with Gasteiger partial charge in [-0.15, -0.1) is 0 Å². The fourth-order valence-corrected chi connectivity index (χ4v) is 1.97. The fraction of sp³-hybridized carbons (Fsp3) is 0.400. The number of nitriles is 1. The maximum atomic E-state index is 12.0. The van der Waals surface area contributed by atoms with Crippen LogP contribution in [0.25, 0.3) is 0 Å². The number of nitrogens with one attached hydrogen (secondary N) is 2. The molecular weight excluding hydrogens is 254 g/mol. The van der Waals surface area contributed by atoms with Gasteiger partial charge < -0.3 is 10.6 Å². The van der Waals surface area contributed by atoms with Gasteiger partial charge in [0.2, 0.25) is 5.91 Å². The molecule has 104 valence electrons. The van der Waals surface area contributed by atoms with Crippen molar-refractivity contribution in [3.8, 4) is 6.07 Å². The number of hydrogen-bond donors (Lipinski definition) is 2. The van der Waals surface area contributed by atoms with E-state index in [9.17, 15) is 9.59 Å². The van der Waals surface area contributed by atoms with Crippen molar-refractivity contribution in [3.05, 3.63) is 29.3 Å². The van der Waals surface area contributed by atoms with E-state index in [-0.39, 0.29) is 11.8 Å². The summed E-state index contributed by atoms with van der Waals surface area (Å²) in [4.78, 5) is 23.3. The number of fused-ring (bicyclic) bond motifs is 1. The van der Waals surface area contributed by atoms with Gasteiger partial charge in [-0.1, -0.05) is 0 Å². The van der Waals surface area contributed by atoms with Crippen LogP contribution in [0.1, 0.15) is 36.2 Å². The highest BCUT2D eigenvalue weighted by molar-refractivity contribution is 5.97. The fourth-order valence-electron chi connectivity index (χ4n) is 1.97. The lowest BCUT2D eigenvalue weighted by molar-refractivity contribution is -0.116. The highest BCUT2D eigenvalue weighted by atomic mass is 16.2. The highest BCUT2D eigenvalue weighted by Crippen LogP contribution is 2.23. The molecule has 1 aliphatic rings. The molecule has 0 spiro atoms. The third-order valence-electron chi connectivity index (χ3n) is 3.26. The predicted molar refractivity (Wildman–Crippen MR) is 75.1 cm³/mol. The predicted octanol–water partition coefficient (Wildman–Crippen LogP) is 1.85. The number of hydrogen-bond acceptors (Lipinski definition) is 3. The standard InChI is InChI=1S/C15H17N3O2/c1-15(2,8-16)9-17-14(20)11-3-5-12-10(7-11)4-6-13(19)18-12/h3,5,7H,4,6,9H2,1-2H3,(H,17,20)(H,18,19). The minimum Gasteiger partial charge on any atom is -0.350 e. The van der Waals surface area contributed by atoms with Crippen LogP contribution in [-0.4, -0.2) is 18.4 Å². The molecule has 0 saturated carbocycles. The molecule has 0 aliphatic carbocycles. The largest absolute Gasteiger partial charge is 0.350 e. The smallest absolute Gasteiger partial charge is 0.251 e. The summed E-state index contributed by atoms with van der Waals surface area (Å²) in [5.41, 5.74) is 1.71. The molecule has 20 heavy (non-hydrogen) atoms. The number of nitrogens with zero attached hydrogens (tertiary/aromatic N) is 1. The van der Waals surface area contributed by atoms with Gasteiger partial charge in [-0.2, -0.15) is 5.26 Å². The Morgan fingerprint density at radius 3 is 2.90 bits per heavy atom. The summed E-state index contributed by atoms with van der Waals surface area (Å²) in [6, 6.07) is 7.36. The third-order valence-corrected chi connectivity index (χ3v) is 3.26. The number of anilines is 1. The first kappa shape index (κ1) is 14.1. The highest BCUT2D eigenvalue weighted by Gasteiger charge is 2.20. The van der Waals surface area contributed by atoms with E-state index < -0.39 is 5.41 Å². The molecule has 5 nitrogen and oxygen atoms in total. The number of amides is 2. The second-order valence-electron chi connectivity index (χ2n) is 5.60. The van der Waals surface area contributed by atoms with Crippen molar-refractivity contribution in [1.29, 1.82) is 5.26 Å². The summed E-state index contributed by atoms with van der Waals surface area (Å²) in [5.74, 6) is -0.196. The summed E-state index contributed by atoms with van der Waals surface area (Å²) in [6.07, 6.45) is 1.09. The average Bonchev–Trinajstić information content (AvgIpc) is 2.44. The number of benzene rings is 1. The van der Waals surface area contributed by atoms with Crippen LogP contribution in [0.2, 0.25) is 0 Å². The van der Waals surface area contributed by atoms with Crippen molar-refractivity contribution in [2.24, 2.45) is 5.41 Å². The van der Waals surface area contributed by atoms with Crippen molar-refractivity contribution < 1.29 is 9.59 Å². The average molecular weight is 271 g/mol. The Balaban J connectivity index is 2.09. The monoisotopic (exact) mass is 271 g/mol. The zero-order valence-electron chi connectivity index (χ0n) is 11.6. The van der Waals surface area contributed by atoms with E-state index >= 15 is 0 Å². The SMILES string of the molecule is CC(C)(C#N)CNC(=O)c1ccc2c(c1)CCC(=O)N2. The Hall–Kier alpha value is -2.35. The summed E-state index contributed by atoms with van der Waals surface area (Å²) < 4.78 is 0. The van der Waals surface area contributed by atoms with Gasteiger partial charge in [-0.3, -0.25) is 9.59 Å². The van der Waals surface area contributed by atoms with Gasteiger partial charge in [0.05, 0.1) is 11.5 Å². The van der Waals surface area contributed by atoms with E-state index in [1.54, 1.807) is 32.0 Å². The van der Waals surface area contributed by atoms with Crippen LogP contribution in [0.5, 0.6) is 0 Å². The van der Waals surface area contributed by atoms with Gasteiger partial charge in [0.15, 0.2) is 0 Å². The summed E-state index contributed by atoms with van der Waals surface area (Å²) >= 11 is 0. The lowest BCUT2D eigenvalue weighted by Gasteiger charge is -2.18. The molecule has 0 aromatic heterocycles. The minimum absolute atomic E-state index is 0.00507. The van der Waals surface area contributed by atoms with E-state index in [0.717, 1.165) is 11.3 Å². The Morgan fingerprint density at radius 1 is 1.45 bits per heavy atom. The molecule has 0 saturated heterocycles. The van der Waals surface area contributed by atoms with Gasteiger partial charge in [-0.25, -0.2) is 0 Å². The van der Waals surface area contributed by atoms with Crippen LogP contribution in [-0.2, 0) is 11.2 Å². The van der Waals surface area contributed by atoms with Crippen molar-refractivity contribution in [2.75, 3.05) is 11.9 Å². The lowest BCUT2D eigenvalue weighted by atomic mass is 9.95. The molecule has 2 rings (SSSR count). The molecule has 1 aromatic carbocycles. The van der Waals surface area contributed by atoms with Crippen molar-refractivity contribution in [1.82, 2.24) is 5.32 Å². The quantitative estimate of drug-likeness (QED) is 0.880. The van der Waals surface area contributed by atoms with E-state index in [1.807, 2.05) is 0 Å². The molecule has 2 N–H and O–H groups in total. The molecule has 1 heterocycles. The van der Waals surface area contributed by atoms with Crippen LogP contribution in [0.3, 0.4) is 0 Å². The van der Waals surface area contributed by atoms with Gasteiger partial charge in [-0.05, 0) is 44.0 Å². The third kappa shape index (κ3) is 3.15. The Labute approximate surface area is 118 Å². The van der Waals surface area contributed by atoms with Crippen molar-refractivity contribution in [2.45, 2.75) is 26.7 Å². The summed E-state index contributed by atoms with van der Waals surface area (Å²) in [6.45, 7) is 3.85. The summed E-state index contributed by atoms with van der Waals surface area (Å²) in [5, 5.41) is 14.5. The topological polar surface area (TPSA) is 82.0 Å². The molecule has 1 aromatic rings. The van der Waals surface area contributed by atoms with Crippen molar-refractivity contribution in [3.63, 3.8) is 0 Å². The van der Waals surface area contributed by atoms with E-state index in [1.165, 1.54) is 0 Å². The van der Waals surface area contributed by atoms with Crippen molar-refractivity contribution >= 4 is 17.5 Å². The number of carbonyl (C=O) groups is 2. The van der Waals surface area contributed by atoms with E-state index in [2.05, 4.69) is 16.7 Å². The number of carbonyl (C=O) groups excluding carboxylic acids is 2. The zero-order valence-corrected chi connectivity index (χ0v) is 11.6. The van der Waals surface area contributed by atoms with Gasteiger partial charge in [0, 0.05) is 24.2 Å². The van der Waals surface area contributed by atoms with Crippen LogP contribution >= 0.6 is 0 Å². The molecule has 5 heteroatoms. The molecule has 0 fully saturated rings. The first-order chi connectivity index (χ1) is 9.41. The van der Waals surface area contributed by atoms with Gasteiger partial charge >= 0.3 is 0 Å². The minimum atomic E-state index is -0.585.